The summed E-state index contributed by atoms with van der Waals surface area (Å²) in [6.45, 7) is -0.434. The number of hydrogen-bond donors (Lipinski definition) is 3. The third kappa shape index (κ3) is 2.48. The Morgan fingerprint density at radius 2 is 1.90 bits per heavy atom. The number of anilines is 1. The molecule has 0 spiro atoms. The number of aliphatic hydroxyl groups is 2. The van der Waals surface area contributed by atoms with Crippen molar-refractivity contribution in [1.82, 2.24) is 4.31 Å². The smallest absolute Gasteiger partial charge is 0.262 e. The number of benzene rings is 1. The van der Waals surface area contributed by atoms with Crippen molar-refractivity contribution in [1.29, 1.82) is 0 Å². The van der Waals surface area contributed by atoms with Gasteiger partial charge in [0.25, 0.3) is 5.91 Å². The fourth-order valence-electron chi connectivity index (χ4n) is 2.30. The predicted octanol–water partition coefficient (Wildman–Crippen LogP) is -1.26. The van der Waals surface area contributed by atoms with Crippen LogP contribution in [-0.2, 0) is 14.8 Å². The first-order valence-corrected chi connectivity index (χ1v) is 7.75. The standard InChI is InChI=1S/C12H14N2O6S/c15-9-4-14(5-10(9)16)21(18,19)7-1-2-11-8(3-7)13-12(17)6-20-11/h1-3,9-10,15-16H,4-6H2,(H,13,17). The molecule has 8 nitrogen and oxygen atoms in total. The first-order chi connectivity index (χ1) is 9.88. The molecule has 2 aliphatic rings. The van der Waals surface area contributed by atoms with Gasteiger partial charge < -0.3 is 20.3 Å². The lowest BCUT2D eigenvalue weighted by Gasteiger charge is -2.20. The quantitative estimate of drug-likeness (QED) is 0.628. The molecule has 0 aliphatic carbocycles. The Labute approximate surface area is 121 Å². The lowest BCUT2D eigenvalue weighted by Crippen LogP contribution is -2.30. The van der Waals surface area contributed by atoms with Crippen molar-refractivity contribution < 1.29 is 28.2 Å². The van der Waals surface area contributed by atoms with Crippen LogP contribution in [0, 0.1) is 0 Å². The molecule has 3 rings (SSSR count). The SMILES string of the molecule is O=C1COc2ccc(S(=O)(=O)N3CC(O)C(O)C3)cc2N1. The van der Waals surface area contributed by atoms with Gasteiger partial charge in [-0.3, -0.25) is 4.79 Å². The van der Waals surface area contributed by atoms with Crippen LogP contribution in [-0.4, -0.2) is 60.7 Å². The zero-order chi connectivity index (χ0) is 15.2. The van der Waals surface area contributed by atoms with E-state index in [1.165, 1.54) is 18.2 Å². The lowest BCUT2D eigenvalue weighted by atomic mass is 10.2. The fourth-order valence-corrected chi connectivity index (χ4v) is 3.81. The molecule has 1 fully saturated rings. The molecule has 21 heavy (non-hydrogen) atoms. The van der Waals surface area contributed by atoms with Crippen LogP contribution < -0.4 is 10.1 Å². The summed E-state index contributed by atoms with van der Waals surface area (Å²) >= 11 is 0. The molecule has 2 unspecified atom stereocenters. The number of ether oxygens (including phenoxy) is 1. The average molecular weight is 314 g/mol. The molecule has 0 aromatic heterocycles. The Morgan fingerprint density at radius 1 is 1.24 bits per heavy atom. The van der Waals surface area contributed by atoms with Gasteiger partial charge in [0.15, 0.2) is 6.61 Å². The van der Waals surface area contributed by atoms with E-state index in [1.54, 1.807) is 0 Å². The molecule has 1 aromatic rings. The van der Waals surface area contributed by atoms with Crippen molar-refractivity contribution in [3.8, 4) is 5.75 Å². The van der Waals surface area contributed by atoms with Crippen LogP contribution in [0.3, 0.4) is 0 Å². The van der Waals surface area contributed by atoms with E-state index in [9.17, 15) is 23.4 Å². The summed E-state index contributed by atoms with van der Waals surface area (Å²) in [6, 6.07) is 4.13. The maximum atomic E-state index is 12.4. The van der Waals surface area contributed by atoms with E-state index >= 15 is 0 Å². The van der Waals surface area contributed by atoms with Gasteiger partial charge in [-0.2, -0.15) is 4.31 Å². The van der Waals surface area contributed by atoms with Gasteiger partial charge in [-0.25, -0.2) is 8.42 Å². The number of nitrogens with zero attached hydrogens (tertiary/aromatic N) is 1. The summed E-state index contributed by atoms with van der Waals surface area (Å²) < 4.78 is 31.1. The second-order valence-corrected chi connectivity index (χ2v) is 6.89. The van der Waals surface area contributed by atoms with Crippen molar-refractivity contribution in [2.45, 2.75) is 17.1 Å². The molecule has 1 saturated heterocycles. The Hall–Kier alpha value is -1.68. The number of sulfonamides is 1. The third-order valence-corrected chi connectivity index (χ3v) is 5.27. The van der Waals surface area contributed by atoms with Gasteiger partial charge in [0, 0.05) is 13.1 Å². The van der Waals surface area contributed by atoms with Crippen LogP contribution >= 0.6 is 0 Å². The van der Waals surface area contributed by atoms with E-state index in [4.69, 9.17) is 4.74 Å². The van der Waals surface area contributed by atoms with E-state index in [1.807, 2.05) is 0 Å². The van der Waals surface area contributed by atoms with Crippen molar-refractivity contribution in [3.05, 3.63) is 18.2 Å². The molecule has 0 saturated carbocycles. The minimum Gasteiger partial charge on any atom is -0.482 e. The molecule has 3 N–H and O–H groups in total. The van der Waals surface area contributed by atoms with Gasteiger partial charge in [0.1, 0.15) is 5.75 Å². The Bertz CT molecular complexity index is 679. The number of nitrogens with one attached hydrogen (secondary N) is 1. The highest BCUT2D eigenvalue weighted by Crippen LogP contribution is 2.32. The third-order valence-electron chi connectivity index (χ3n) is 3.45. The molecule has 114 valence electrons. The average Bonchev–Trinajstić information content (AvgIpc) is 2.78. The normalized spacial score (nSPS) is 26.1. The number of amides is 1. The summed E-state index contributed by atoms with van der Waals surface area (Å²) in [4.78, 5) is 11.2. The van der Waals surface area contributed by atoms with Gasteiger partial charge in [0.05, 0.1) is 22.8 Å². The summed E-state index contributed by atoms with van der Waals surface area (Å²) in [7, 11) is -3.85. The van der Waals surface area contributed by atoms with Crippen LogP contribution in [0.1, 0.15) is 0 Å². The van der Waals surface area contributed by atoms with Gasteiger partial charge in [-0.05, 0) is 18.2 Å². The molecule has 0 bridgehead atoms. The number of carbonyl (C=O) groups excluding carboxylic acids is 1. The maximum Gasteiger partial charge on any atom is 0.262 e. The number of β-amino-alcohol motifs (C(OH)–C–C–N with tert-alkyl or cyclic N) is 2. The zero-order valence-electron chi connectivity index (χ0n) is 10.9. The molecule has 1 amide bonds. The number of carbonyl (C=O) groups is 1. The molecular formula is C12H14N2O6S. The van der Waals surface area contributed by atoms with E-state index in [0.717, 1.165) is 4.31 Å². The summed E-state index contributed by atoms with van der Waals surface area (Å²) in [6.07, 6.45) is -2.19. The fraction of sp³-hybridized carbons (Fsp3) is 0.417. The molecule has 2 aliphatic heterocycles. The molecule has 2 heterocycles. The second-order valence-electron chi connectivity index (χ2n) is 4.95. The van der Waals surface area contributed by atoms with Crippen LogP contribution in [0.2, 0.25) is 0 Å². The van der Waals surface area contributed by atoms with Crippen molar-refractivity contribution >= 4 is 21.6 Å². The molecular weight excluding hydrogens is 300 g/mol. The molecule has 0 radical (unpaired) electrons. The zero-order valence-corrected chi connectivity index (χ0v) is 11.7. The van der Waals surface area contributed by atoms with Crippen molar-refractivity contribution in [3.63, 3.8) is 0 Å². The topological polar surface area (TPSA) is 116 Å². The number of hydrogen-bond acceptors (Lipinski definition) is 6. The van der Waals surface area contributed by atoms with E-state index in [2.05, 4.69) is 5.32 Å². The summed E-state index contributed by atoms with van der Waals surface area (Å²) in [5, 5.41) is 21.5. The number of aliphatic hydroxyl groups excluding tert-OH is 2. The maximum absolute atomic E-state index is 12.4. The van der Waals surface area contributed by atoms with Gasteiger partial charge in [-0.1, -0.05) is 0 Å². The molecule has 2 atom stereocenters. The van der Waals surface area contributed by atoms with Gasteiger partial charge in [-0.15, -0.1) is 0 Å². The van der Waals surface area contributed by atoms with E-state index < -0.39 is 22.2 Å². The number of fused-ring (bicyclic) bond motifs is 1. The van der Waals surface area contributed by atoms with Crippen molar-refractivity contribution in [2.24, 2.45) is 0 Å². The highest BCUT2D eigenvalue weighted by atomic mass is 32.2. The first-order valence-electron chi connectivity index (χ1n) is 6.31. The van der Waals surface area contributed by atoms with Crippen LogP contribution in [0.5, 0.6) is 5.75 Å². The van der Waals surface area contributed by atoms with Crippen LogP contribution in [0.25, 0.3) is 0 Å². The summed E-state index contributed by atoms with van der Waals surface area (Å²) in [5.74, 6) is 0.0408. The van der Waals surface area contributed by atoms with Gasteiger partial charge >= 0.3 is 0 Å². The molecule has 9 heteroatoms. The highest BCUT2D eigenvalue weighted by molar-refractivity contribution is 7.89. The Kier molecular flexibility index (Phi) is 3.36. The highest BCUT2D eigenvalue weighted by Gasteiger charge is 2.37. The lowest BCUT2D eigenvalue weighted by molar-refractivity contribution is -0.118. The van der Waals surface area contributed by atoms with Gasteiger partial charge in [0.2, 0.25) is 10.0 Å². The van der Waals surface area contributed by atoms with Crippen LogP contribution in [0.4, 0.5) is 5.69 Å². The Balaban J connectivity index is 1.93. The Morgan fingerprint density at radius 3 is 2.57 bits per heavy atom. The van der Waals surface area contributed by atoms with E-state index in [0.29, 0.717) is 5.75 Å². The van der Waals surface area contributed by atoms with E-state index in [-0.39, 0.29) is 36.2 Å². The van der Waals surface area contributed by atoms with Crippen molar-refractivity contribution in [2.75, 3.05) is 25.0 Å². The second kappa shape index (κ2) is 4.95. The molecule has 1 aromatic carbocycles. The monoisotopic (exact) mass is 314 g/mol. The summed E-state index contributed by atoms with van der Waals surface area (Å²) in [5.41, 5.74) is 0.285. The largest absolute Gasteiger partial charge is 0.482 e. The number of rotatable bonds is 2. The minimum atomic E-state index is -3.85. The first kappa shape index (κ1) is 14.3. The van der Waals surface area contributed by atoms with Crippen LogP contribution in [0.15, 0.2) is 23.1 Å². The minimum absolute atomic E-state index is 0.0339. The predicted molar refractivity (Wildman–Crippen MR) is 71.3 cm³/mol.